The molecule has 1 aliphatic rings. The summed E-state index contributed by atoms with van der Waals surface area (Å²) in [5.41, 5.74) is 5.92. The van der Waals surface area contributed by atoms with Crippen molar-refractivity contribution >= 4 is 27.5 Å². The van der Waals surface area contributed by atoms with Crippen LogP contribution in [-0.2, 0) is 14.8 Å². The van der Waals surface area contributed by atoms with Crippen molar-refractivity contribution in [1.29, 1.82) is 0 Å². The van der Waals surface area contributed by atoms with Crippen LogP contribution >= 0.6 is 0 Å². The normalized spacial score (nSPS) is 15.1. The van der Waals surface area contributed by atoms with E-state index in [9.17, 15) is 18.0 Å². The summed E-state index contributed by atoms with van der Waals surface area (Å²) in [6.07, 6.45) is 0.795. The lowest BCUT2D eigenvalue weighted by Crippen LogP contribution is -2.51. The molecule has 0 spiro atoms. The largest absolute Gasteiger partial charge is 0.370 e. The van der Waals surface area contributed by atoms with Crippen molar-refractivity contribution in [2.75, 3.05) is 23.6 Å². The lowest BCUT2D eigenvalue weighted by Gasteiger charge is -2.38. The standard InChI is InChI=1S/C15H21N3O4S/c1-2-6-23(21,22)17-13-5-3-4-12(8-13)15(20)18-9-11(10-18)7-14(16)19/h3-5,8,11,17H,2,6-7,9-10H2,1H3,(H2,16,19). The number of nitrogens with two attached hydrogens (primary N) is 1. The van der Waals surface area contributed by atoms with Gasteiger partial charge >= 0.3 is 0 Å². The summed E-state index contributed by atoms with van der Waals surface area (Å²) in [6.45, 7) is 2.77. The quantitative estimate of drug-likeness (QED) is 0.765. The van der Waals surface area contributed by atoms with Crippen LogP contribution in [0.15, 0.2) is 24.3 Å². The average Bonchev–Trinajstić information content (AvgIpc) is 2.41. The molecule has 0 aliphatic carbocycles. The Hall–Kier alpha value is -2.09. The molecule has 0 atom stereocenters. The molecule has 0 unspecified atom stereocenters. The topological polar surface area (TPSA) is 110 Å². The molecule has 126 valence electrons. The third-order valence-corrected chi connectivity index (χ3v) is 5.08. The molecule has 0 radical (unpaired) electrons. The monoisotopic (exact) mass is 339 g/mol. The summed E-state index contributed by atoms with van der Waals surface area (Å²) in [5, 5.41) is 0. The third kappa shape index (κ3) is 4.69. The number of rotatable bonds is 7. The van der Waals surface area contributed by atoms with E-state index in [1.165, 1.54) is 6.07 Å². The number of likely N-dealkylation sites (tertiary alicyclic amines) is 1. The Bertz CT molecular complexity index is 696. The summed E-state index contributed by atoms with van der Waals surface area (Å²) < 4.78 is 26.0. The number of primary amides is 1. The third-order valence-electron chi connectivity index (χ3n) is 3.59. The fourth-order valence-corrected chi connectivity index (χ4v) is 3.67. The van der Waals surface area contributed by atoms with Crippen molar-refractivity contribution in [3.8, 4) is 0 Å². The van der Waals surface area contributed by atoms with Gasteiger partial charge in [-0.25, -0.2) is 8.42 Å². The van der Waals surface area contributed by atoms with Crippen molar-refractivity contribution in [2.45, 2.75) is 19.8 Å². The highest BCUT2D eigenvalue weighted by molar-refractivity contribution is 7.92. The lowest BCUT2D eigenvalue weighted by atomic mass is 9.95. The van der Waals surface area contributed by atoms with Crippen LogP contribution in [0.4, 0.5) is 5.69 Å². The number of hydrogen-bond donors (Lipinski definition) is 2. The Labute approximate surface area is 135 Å². The zero-order valence-electron chi connectivity index (χ0n) is 13.0. The first kappa shape index (κ1) is 17.3. The number of hydrogen-bond acceptors (Lipinski definition) is 4. The average molecular weight is 339 g/mol. The Morgan fingerprint density at radius 1 is 1.35 bits per heavy atom. The summed E-state index contributed by atoms with van der Waals surface area (Å²) in [4.78, 5) is 24.8. The van der Waals surface area contributed by atoms with Gasteiger partial charge in [-0.3, -0.25) is 14.3 Å². The van der Waals surface area contributed by atoms with E-state index >= 15 is 0 Å². The fourth-order valence-electron chi connectivity index (χ4n) is 2.55. The predicted molar refractivity (Wildman–Crippen MR) is 87.3 cm³/mol. The van der Waals surface area contributed by atoms with Crippen LogP contribution in [0.5, 0.6) is 0 Å². The van der Waals surface area contributed by atoms with Gasteiger partial charge in [0.25, 0.3) is 5.91 Å². The molecule has 1 aliphatic heterocycles. The van der Waals surface area contributed by atoms with E-state index in [4.69, 9.17) is 5.73 Å². The van der Waals surface area contributed by atoms with E-state index in [2.05, 4.69) is 4.72 Å². The molecule has 7 nitrogen and oxygen atoms in total. The molecule has 1 aromatic carbocycles. The van der Waals surface area contributed by atoms with Crippen LogP contribution in [-0.4, -0.2) is 44.0 Å². The number of carbonyl (C=O) groups excluding carboxylic acids is 2. The number of nitrogens with one attached hydrogen (secondary N) is 1. The van der Waals surface area contributed by atoms with Gasteiger partial charge in [0, 0.05) is 36.7 Å². The maximum Gasteiger partial charge on any atom is 0.253 e. The molecule has 3 N–H and O–H groups in total. The molecule has 0 aromatic heterocycles. The minimum absolute atomic E-state index is 0.0338. The van der Waals surface area contributed by atoms with E-state index in [1.54, 1.807) is 30.0 Å². The molecule has 2 amide bonds. The van der Waals surface area contributed by atoms with Gasteiger partial charge < -0.3 is 10.6 Å². The number of nitrogens with zero attached hydrogens (tertiary/aromatic N) is 1. The molecule has 2 rings (SSSR count). The number of amides is 2. The van der Waals surface area contributed by atoms with Gasteiger partial charge in [0.1, 0.15) is 0 Å². The second kappa shape index (κ2) is 6.99. The minimum Gasteiger partial charge on any atom is -0.370 e. The van der Waals surface area contributed by atoms with Crippen LogP contribution in [0.3, 0.4) is 0 Å². The van der Waals surface area contributed by atoms with Crippen LogP contribution < -0.4 is 10.5 Å². The maximum absolute atomic E-state index is 12.3. The smallest absolute Gasteiger partial charge is 0.253 e. The molecule has 8 heteroatoms. The minimum atomic E-state index is -3.39. The summed E-state index contributed by atoms with van der Waals surface area (Å²) in [6, 6.07) is 6.41. The zero-order chi connectivity index (χ0) is 17.0. The Morgan fingerprint density at radius 2 is 2.04 bits per heavy atom. The van der Waals surface area contributed by atoms with Gasteiger partial charge in [-0.1, -0.05) is 13.0 Å². The Morgan fingerprint density at radius 3 is 2.65 bits per heavy atom. The highest BCUT2D eigenvalue weighted by Crippen LogP contribution is 2.22. The molecule has 1 saturated heterocycles. The van der Waals surface area contributed by atoms with Gasteiger partial charge in [-0.15, -0.1) is 0 Å². The summed E-state index contributed by atoms with van der Waals surface area (Å²) in [5.74, 6) is -0.397. The highest BCUT2D eigenvalue weighted by atomic mass is 32.2. The van der Waals surface area contributed by atoms with E-state index in [0.29, 0.717) is 30.8 Å². The molecule has 1 aromatic rings. The van der Waals surface area contributed by atoms with Gasteiger partial charge in [-0.2, -0.15) is 0 Å². The van der Waals surface area contributed by atoms with Crippen LogP contribution in [0.1, 0.15) is 30.1 Å². The fraction of sp³-hybridized carbons (Fsp3) is 0.467. The Kier molecular flexibility index (Phi) is 5.25. The first-order valence-corrected chi connectivity index (χ1v) is 9.14. The van der Waals surface area contributed by atoms with Gasteiger partial charge in [0.2, 0.25) is 15.9 Å². The molecule has 0 saturated carbocycles. The van der Waals surface area contributed by atoms with Crippen molar-refractivity contribution in [2.24, 2.45) is 11.7 Å². The second-order valence-electron chi connectivity index (χ2n) is 5.75. The molecular formula is C15H21N3O4S. The van der Waals surface area contributed by atoms with Gasteiger partial charge in [0.15, 0.2) is 0 Å². The van der Waals surface area contributed by atoms with Crippen molar-refractivity contribution < 1.29 is 18.0 Å². The van der Waals surface area contributed by atoms with Crippen LogP contribution in [0.25, 0.3) is 0 Å². The lowest BCUT2D eigenvalue weighted by molar-refractivity contribution is -0.119. The highest BCUT2D eigenvalue weighted by Gasteiger charge is 2.32. The van der Waals surface area contributed by atoms with Gasteiger partial charge in [-0.05, 0) is 24.6 Å². The first-order valence-electron chi connectivity index (χ1n) is 7.49. The van der Waals surface area contributed by atoms with E-state index < -0.39 is 10.0 Å². The predicted octanol–water partition coefficient (Wildman–Crippen LogP) is 0.786. The number of anilines is 1. The molecule has 1 fully saturated rings. The van der Waals surface area contributed by atoms with E-state index in [0.717, 1.165) is 0 Å². The second-order valence-corrected chi connectivity index (χ2v) is 7.59. The first-order chi connectivity index (χ1) is 10.8. The summed E-state index contributed by atoms with van der Waals surface area (Å²) >= 11 is 0. The van der Waals surface area contributed by atoms with E-state index in [1.807, 2.05) is 0 Å². The van der Waals surface area contributed by atoms with Crippen molar-refractivity contribution in [3.05, 3.63) is 29.8 Å². The zero-order valence-corrected chi connectivity index (χ0v) is 13.8. The van der Waals surface area contributed by atoms with Crippen molar-refractivity contribution in [1.82, 2.24) is 4.90 Å². The number of carbonyl (C=O) groups is 2. The van der Waals surface area contributed by atoms with E-state index in [-0.39, 0.29) is 29.9 Å². The molecule has 0 bridgehead atoms. The number of sulfonamides is 1. The Balaban J connectivity index is 2.00. The molecular weight excluding hydrogens is 318 g/mol. The van der Waals surface area contributed by atoms with Crippen LogP contribution in [0, 0.1) is 5.92 Å². The summed E-state index contributed by atoms with van der Waals surface area (Å²) in [7, 11) is -3.39. The molecule has 1 heterocycles. The van der Waals surface area contributed by atoms with Crippen molar-refractivity contribution in [3.63, 3.8) is 0 Å². The number of benzene rings is 1. The molecule has 23 heavy (non-hydrogen) atoms. The maximum atomic E-state index is 12.3. The van der Waals surface area contributed by atoms with Crippen LogP contribution in [0.2, 0.25) is 0 Å². The SMILES string of the molecule is CCCS(=O)(=O)Nc1cccc(C(=O)N2CC(CC(N)=O)C2)c1. The van der Waals surface area contributed by atoms with Gasteiger partial charge in [0.05, 0.1) is 5.75 Å².